The van der Waals surface area contributed by atoms with Crippen LogP contribution in [0.3, 0.4) is 0 Å². The molecule has 0 aromatic heterocycles. The highest BCUT2D eigenvalue weighted by Crippen LogP contribution is 2.22. The molecular weight excluding hydrogens is 460 g/mol. The van der Waals surface area contributed by atoms with Crippen molar-refractivity contribution in [1.82, 2.24) is 0 Å². The van der Waals surface area contributed by atoms with Crippen molar-refractivity contribution in [3.8, 4) is 11.1 Å². The number of hydrogen-bond acceptors (Lipinski definition) is 5. The third kappa shape index (κ3) is 7.05. The van der Waals surface area contributed by atoms with E-state index in [1.807, 2.05) is 71.1 Å². The van der Waals surface area contributed by atoms with Crippen molar-refractivity contribution in [3.05, 3.63) is 76.1 Å². The van der Waals surface area contributed by atoms with Crippen molar-refractivity contribution >= 4 is 39.7 Å². The third-order valence-electron chi connectivity index (χ3n) is 3.47. The average molecular weight is 481 g/mol. The number of benzene rings is 3. The predicted molar refractivity (Wildman–Crippen MR) is 116 cm³/mol. The van der Waals surface area contributed by atoms with Crippen LogP contribution in [0.15, 0.2) is 66.7 Å². The van der Waals surface area contributed by atoms with E-state index in [-0.39, 0.29) is 24.7 Å². The standard InChI is InChI=1S/C14H16N2O2.C6H5FIN/c15-13-5-1-11(2-6-13)12-3-7-14(8-4-12)16-18-10-9-17;7-5-3-4(8)1-2-6(5)9/h1-8,16-17H,9-10,15H2;1-3H,9H2. The maximum Gasteiger partial charge on any atom is 0.147 e. The molecule has 0 aliphatic heterocycles. The zero-order chi connectivity index (χ0) is 19.6. The Morgan fingerprint density at radius 1 is 0.926 bits per heavy atom. The van der Waals surface area contributed by atoms with Gasteiger partial charge in [-0.15, -0.1) is 0 Å². The molecule has 0 heterocycles. The predicted octanol–water partition coefficient (Wildman–Crippen LogP) is 4.28. The summed E-state index contributed by atoms with van der Waals surface area (Å²) in [5.41, 5.74) is 17.7. The van der Waals surface area contributed by atoms with Crippen molar-refractivity contribution in [2.75, 3.05) is 30.2 Å². The largest absolute Gasteiger partial charge is 0.399 e. The van der Waals surface area contributed by atoms with E-state index in [9.17, 15) is 4.39 Å². The fraction of sp³-hybridized carbons (Fsp3) is 0.100. The van der Waals surface area contributed by atoms with Crippen LogP contribution in [0.4, 0.5) is 21.5 Å². The Bertz CT molecular complexity index is 843. The summed E-state index contributed by atoms with van der Waals surface area (Å²) in [6.07, 6.45) is 0. The molecule has 0 aliphatic rings. The highest BCUT2D eigenvalue weighted by molar-refractivity contribution is 14.1. The molecule has 0 saturated heterocycles. The maximum atomic E-state index is 12.4. The van der Waals surface area contributed by atoms with Gasteiger partial charge in [-0.1, -0.05) is 24.3 Å². The molecule has 142 valence electrons. The molecule has 27 heavy (non-hydrogen) atoms. The maximum absolute atomic E-state index is 12.4. The van der Waals surface area contributed by atoms with Crippen LogP contribution in [0, 0.1) is 9.39 Å². The molecule has 3 rings (SSSR count). The van der Waals surface area contributed by atoms with Gasteiger partial charge >= 0.3 is 0 Å². The van der Waals surface area contributed by atoms with E-state index in [1.54, 1.807) is 12.1 Å². The molecule has 5 nitrogen and oxygen atoms in total. The SMILES string of the molecule is Nc1ccc(-c2ccc(NOCCO)cc2)cc1.Nc1ccc(I)cc1F. The van der Waals surface area contributed by atoms with Gasteiger partial charge in [0.05, 0.1) is 24.6 Å². The Balaban J connectivity index is 0.000000244. The normalized spacial score (nSPS) is 10.0. The van der Waals surface area contributed by atoms with Crippen LogP contribution in [-0.4, -0.2) is 18.3 Å². The highest BCUT2D eigenvalue weighted by Gasteiger charge is 1.98. The molecule has 0 amide bonds. The van der Waals surface area contributed by atoms with Crippen LogP contribution in [0.5, 0.6) is 0 Å². The third-order valence-corrected chi connectivity index (χ3v) is 4.15. The zero-order valence-electron chi connectivity index (χ0n) is 14.5. The van der Waals surface area contributed by atoms with Crippen molar-refractivity contribution in [1.29, 1.82) is 0 Å². The van der Waals surface area contributed by atoms with Crippen molar-refractivity contribution in [2.45, 2.75) is 0 Å². The van der Waals surface area contributed by atoms with Gasteiger partial charge in [0.2, 0.25) is 0 Å². The second kappa shape index (κ2) is 10.7. The number of hydrogen-bond donors (Lipinski definition) is 4. The summed E-state index contributed by atoms with van der Waals surface area (Å²) in [4.78, 5) is 5.01. The molecule has 6 N–H and O–H groups in total. The second-order valence-electron chi connectivity index (χ2n) is 5.54. The number of nitrogens with one attached hydrogen (secondary N) is 1. The summed E-state index contributed by atoms with van der Waals surface area (Å²) in [6, 6.07) is 20.3. The van der Waals surface area contributed by atoms with E-state index in [0.29, 0.717) is 0 Å². The molecule has 7 heteroatoms. The molecular formula is C20H21FIN3O2. The van der Waals surface area contributed by atoms with E-state index in [4.69, 9.17) is 21.4 Å². The highest BCUT2D eigenvalue weighted by atomic mass is 127. The van der Waals surface area contributed by atoms with Crippen LogP contribution in [0.1, 0.15) is 0 Å². The van der Waals surface area contributed by atoms with Gasteiger partial charge in [0.15, 0.2) is 0 Å². The fourth-order valence-corrected chi connectivity index (χ4v) is 2.54. The van der Waals surface area contributed by atoms with E-state index >= 15 is 0 Å². The van der Waals surface area contributed by atoms with Crippen molar-refractivity contribution in [3.63, 3.8) is 0 Å². The van der Waals surface area contributed by atoms with Gasteiger partial charge in [0.1, 0.15) is 5.82 Å². The minimum Gasteiger partial charge on any atom is -0.399 e. The van der Waals surface area contributed by atoms with Gasteiger partial charge in [-0.05, 0) is 76.2 Å². The van der Waals surface area contributed by atoms with Gasteiger partial charge in [-0.2, -0.15) is 0 Å². The molecule has 3 aromatic rings. The molecule has 0 unspecified atom stereocenters. The number of aliphatic hydroxyl groups excluding tert-OH is 1. The molecule has 0 radical (unpaired) electrons. The second-order valence-corrected chi connectivity index (χ2v) is 6.78. The molecule has 3 aromatic carbocycles. The molecule has 0 aliphatic carbocycles. The first-order valence-corrected chi connectivity index (χ1v) is 9.22. The van der Waals surface area contributed by atoms with Crippen molar-refractivity contribution < 1.29 is 14.3 Å². The van der Waals surface area contributed by atoms with Crippen LogP contribution < -0.4 is 16.9 Å². The Morgan fingerprint density at radius 2 is 1.52 bits per heavy atom. The molecule has 0 atom stereocenters. The topological polar surface area (TPSA) is 93.5 Å². The van der Waals surface area contributed by atoms with Crippen molar-refractivity contribution in [2.24, 2.45) is 0 Å². The fourth-order valence-electron chi connectivity index (χ4n) is 2.09. The first kappa shape index (κ1) is 20.9. The number of rotatable bonds is 5. The molecule has 0 spiro atoms. The minimum atomic E-state index is -0.345. The van der Waals surface area contributed by atoms with Gasteiger partial charge in [-0.3, -0.25) is 10.3 Å². The average Bonchev–Trinajstić information content (AvgIpc) is 2.67. The number of anilines is 3. The smallest absolute Gasteiger partial charge is 0.147 e. The lowest BCUT2D eigenvalue weighted by atomic mass is 10.1. The number of halogens is 2. The Morgan fingerprint density at radius 3 is 2.04 bits per heavy atom. The summed E-state index contributed by atoms with van der Waals surface area (Å²) in [6.45, 7) is 0.260. The van der Waals surface area contributed by atoms with E-state index in [2.05, 4.69) is 5.48 Å². The molecule has 0 fully saturated rings. The van der Waals surface area contributed by atoms with Gasteiger partial charge in [-0.25, -0.2) is 4.39 Å². The Hall–Kier alpha value is -2.36. The Kier molecular flexibility index (Phi) is 8.31. The monoisotopic (exact) mass is 481 g/mol. The van der Waals surface area contributed by atoms with Crippen LogP contribution in [0.25, 0.3) is 11.1 Å². The zero-order valence-corrected chi connectivity index (χ0v) is 16.7. The first-order chi connectivity index (χ1) is 13.0. The molecule has 0 bridgehead atoms. The lowest BCUT2D eigenvalue weighted by Crippen LogP contribution is -2.05. The number of nitrogen functional groups attached to an aromatic ring is 2. The lowest BCUT2D eigenvalue weighted by Gasteiger charge is -2.07. The number of nitrogens with two attached hydrogens (primary N) is 2. The molecule has 0 saturated carbocycles. The summed E-state index contributed by atoms with van der Waals surface area (Å²) in [5.74, 6) is -0.345. The van der Waals surface area contributed by atoms with Gasteiger partial charge < -0.3 is 16.6 Å². The first-order valence-electron chi connectivity index (χ1n) is 8.15. The Labute approximate surface area is 171 Å². The summed E-state index contributed by atoms with van der Waals surface area (Å²) in [5, 5.41) is 8.58. The summed E-state index contributed by atoms with van der Waals surface area (Å²) < 4.78 is 13.3. The van der Waals surface area contributed by atoms with E-state index in [1.165, 1.54) is 6.07 Å². The summed E-state index contributed by atoms with van der Waals surface area (Å²) in [7, 11) is 0. The summed E-state index contributed by atoms with van der Waals surface area (Å²) >= 11 is 2.03. The van der Waals surface area contributed by atoms with E-state index in [0.717, 1.165) is 26.1 Å². The van der Waals surface area contributed by atoms with Gasteiger partial charge in [0.25, 0.3) is 0 Å². The minimum absolute atomic E-state index is 0.00345. The van der Waals surface area contributed by atoms with Crippen LogP contribution in [0.2, 0.25) is 0 Å². The van der Waals surface area contributed by atoms with E-state index < -0.39 is 0 Å². The number of aliphatic hydroxyl groups is 1. The van der Waals surface area contributed by atoms with Crippen LogP contribution in [-0.2, 0) is 4.84 Å². The lowest BCUT2D eigenvalue weighted by molar-refractivity contribution is 0.133. The van der Waals surface area contributed by atoms with Gasteiger partial charge in [0, 0.05) is 9.26 Å². The van der Waals surface area contributed by atoms with Crippen LogP contribution >= 0.6 is 22.6 Å². The quantitative estimate of drug-likeness (QED) is 0.189.